The largest absolute Gasteiger partial charge is 0.493 e. The topological polar surface area (TPSA) is 46.1 Å². The van der Waals surface area contributed by atoms with E-state index in [-0.39, 0.29) is 24.0 Å². The molecule has 150 valence electrons. The molecule has 27 heavy (non-hydrogen) atoms. The molecule has 0 radical (unpaired) electrons. The molecule has 0 amide bonds. The second-order valence-corrected chi connectivity index (χ2v) is 6.76. The average molecular weight is 503 g/mol. The summed E-state index contributed by atoms with van der Waals surface area (Å²) in [5.74, 6) is 2.51. The van der Waals surface area contributed by atoms with Gasteiger partial charge in [0.2, 0.25) is 0 Å². The first-order valence-electron chi connectivity index (χ1n) is 8.90. The number of benzene rings is 1. The Bertz CT molecular complexity index is 693. The van der Waals surface area contributed by atoms with E-state index < -0.39 is 0 Å². The van der Waals surface area contributed by atoms with Crippen molar-refractivity contribution in [2.45, 2.75) is 26.3 Å². The molecule has 7 heteroatoms. The first-order chi connectivity index (χ1) is 12.7. The third-order valence-electron chi connectivity index (χ3n) is 4.03. The maximum atomic E-state index is 5.65. The molecule has 1 aromatic carbocycles. The molecule has 2 rings (SSSR count). The van der Waals surface area contributed by atoms with E-state index in [1.54, 1.807) is 18.4 Å². The molecule has 0 aliphatic heterocycles. The molecule has 0 unspecified atom stereocenters. The first-order valence-corrected chi connectivity index (χ1v) is 9.84. The fourth-order valence-electron chi connectivity index (χ4n) is 2.75. The van der Waals surface area contributed by atoms with Crippen molar-refractivity contribution in [2.24, 2.45) is 4.99 Å². The third-order valence-corrected chi connectivity index (χ3v) is 4.76. The minimum atomic E-state index is 0. The molecule has 0 saturated heterocycles. The summed E-state index contributed by atoms with van der Waals surface area (Å²) in [4.78, 5) is 6.51. The van der Waals surface area contributed by atoms with Crippen molar-refractivity contribution in [1.29, 1.82) is 0 Å². The lowest BCUT2D eigenvalue weighted by Gasteiger charge is -2.21. The zero-order chi connectivity index (χ0) is 18.8. The first kappa shape index (κ1) is 23.6. The van der Waals surface area contributed by atoms with Gasteiger partial charge < -0.3 is 19.7 Å². The van der Waals surface area contributed by atoms with E-state index in [0.717, 1.165) is 43.4 Å². The number of hydrogen-bond donors (Lipinski definition) is 1. The SMILES string of the molecule is CCOc1cc(CCCNC(=NC)N(C)Cc2ccsc2)ccc1OC.I. The van der Waals surface area contributed by atoms with Gasteiger partial charge in [-0.25, -0.2) is 0 Å². The zero-order valence-corrected chi connectivity index (χ0v) is 19.7. The predicted molar refractivity (Wildman–Crippen MR) is 125 cm³/mol. The number of ether oxygens (including phenoxy) is 2. The van der Waals surface area contributed by atoms with Gasteiger partial charge >= 0.3 is 0 Å². The summed E-state index contributed by atoms with van der Waals surface area (Å²) in [6.45, 7) is 4.35. The number of aliphatic imine (C=N–C) groups is 1. The Kier molecular flexibility index (Phi) is 11.2. The van der Waals surface area contributed by atoms with Crippen LogP contribution in [0.15, 0.2) is 40.0 Å². The lowest BCUT2D eigenvalue weighted by Crippen LogP contribution is -2.38. The van der Waals surface area contributed by atoms with Gasteiger partial charge in [0.25, 0.3) is 0 Å². The van der Waals surface area contributed by atoms with Crippen molar-refractivity contribution in [3.05, 3.63) is 46.2 Å². The molecule has 0 aliphatic carbocycles. The van der Waals surface area contributed by atoms with Crippen LogP contribution in [0.4, 0.5) is 0 Å². The van der Waals surface area contributed by atoms with Crippen LogP contribution < -0.4 is 14.8 Å². The minimum Gasteiger partial charge on any atom is -0.493 e. The van der Waals surface area contributed by atoms with E-state index in [2.05, 4.69) is 51.2 Å². The fourth-order valence-corrected chi connectivity index (χ4v) is 3.41. The van der Waals surface area contributed by atoms with E-state index in [0.29, 0.717) is 6.61 Å². The molecule has 0 saturated carbocycles. The summed E-state index contributed by atoms with van der Waals surface area (Å²) in [7, 11) is 5.55. The van der Waals surface area contributed by atoms with Crippen molar-refractivity contribution < 1.29 is 9.47 Å². The van der Waals surface area contributed by atoms with Gasteiger partial charge in [0.05, 0.1) is 13.7 Å². The van der Waals surface area contributed by atoms with Gasteiger partial charge in [-0.3, -0.25) is 4.99 Å². The fraction of sp³-hybridized carbons (Fsp3) is 0.450. The quantitative estimate of drug-likeness (QED) is 0.238. The molecule has 0 fully saturated rings. The summed E-state index contributed by atoms with van der Waals surface area (Å²) >= 11 is 1.72. The number of hydrogen-bond acceptors (Lipinski definition) is 4. The van der Waals surface area contributed by atoms with Gasteiger partial charge in [-0.2, -0.15) is 11.3 Å². The van der Waals surface area contributed by atoms with Crippen LogP contribution in [0.25, 0.3) is 0 Å². The zero-order valence-electron chi connectivity index (χ0n) is 16.5. The molecule has 1 N–H and O–H groups in total. The molecular formula is C20H30IN3O2S. The van der Waals surface area contributed by atoms with Gasteiger partial charge in [0.1, 0.15) is 0 Å². The van der Waals surface area contributed by atoms with Gasteiger partial charge in [0, 0.05) is 27.2 Å². The third kappa shape index (κ3) is 7.57. The Balaban J connectivity index is 0.00000364. The van der Waals surface area contributed by atoms with Crippen LogP contribution in [-0.4, -0.2) is 45.2 Å². The monoisotopic (exact) mass is 503 g/mol. The summed E-state index contributed by atoms with van der Waals surface area (Å²) in [6, 6.07) is 8.29. The van der Waals surface area contributed by atoms with E-state index >= 15 is 0 Å². The number of rotatable bonds is 9. The Morgan fingerprint density at radius 3 is 2.67 bits per heavy atom. The summed E-state index contributed by atoms with van der Waals surface area (Å²) in [6.07, 6.45) is 1.99. The Labute approximate surface area is 183 Å². The smallest absolute Gasteiger partial charge is 0.193 e. The van der Waals surface area contributed by atoms with Crippen LogP contribution in [0, 0.1) is 0 Å². The van der Waals surface area contributed by atoms with E-state index in [1.165, 1.54) is 11.1 Å². The number of aryl methyl sites for hydroxylation is 1. The second kappa shape index (κ2) is 12.8. The molecule has 0 atom stereocenters. The second-order valence-electron chi connectivity index (χ2n) is 5.98. The molecule has 2 aromatic rings. The molecule has 1 heterocycles. The molecule has 5 nitrogen and oxygen atoms in total. The van der Waals surface area contributed by atoms with Crippen LogP contribution in [0.2, 0.25) is 0 Å². The number of nitrogens with zero attached hydrogens (tertiary/aromatic N) is 2. The summed E-state index contributed by atoms with van der Waals surface area (Å²) in [5, 5.41) is 7.71. The highest BCUT2D eigenvalue weighted by Gasteiger charge is 2.08. The van der Waals surface area contributed by atoms with Crippen LogP contribution >= 0.6 is 35.3 Å². The summed E-state index contributed by atoms with van der Waals surface area (Å²) in [5.41, 5.74) is 2.56. The van der Waals surface area contributed by atoms with Gasteiger partial charge in [-0.1, -0.05) is 6.07 Å². The van der Waals surface area contributed by atoms with Gasteiger partial charge in [-0.15, -0.1) is 24.0 Å². The number of guanidine groups is 1. The number of thiophene rings is 1. The highest BCUT2D eigenvalue weighted by molar-refractivity contribution is 14.0. The number of nitrogens with one attached hydrogen (secondary N) is 1. The lowest BCUT2D eigenvalue weighted by atomic mass is 10.1. The molecular weight excluding hydrogens is 473 g/mol. The molecule has 0 aliphatic rings. The standard InChI is InChI=1S/C20H29N3O2S.HI/c1-5-25-19-13-16(8-9-18(19)24-4)7-6-11-22-20(21-2)23(3)14-17-10-12-26-15-17;/h8-10,12-13,15H,5-7,11,14H2,1-4H3,(H,21,22);1H. The van der Waals surface area contributed by atoms with Crippen LogP contribution in [0.3, 0.4) is 0 Å². The van der Waals surface area contributed by atoms with Gasteiger partial charge in [-0.05, 0) is 59.9 Å². The minimum absolute atomic E-state index is 0. The van der Waals surface area contributed by atoms with Crippen LogP contribution in [-0.2, 0) is 13.0 Å². The normalized spacial score (nSPS) is 10.9. The Morgan fingerprint density at radius 2 is 2.04 bits per heavy atom. The van der Waals surface area contributed by atoms with Gasteiger partial charge in [0.15, 0.2) is 17.5 Å². The molecule has 1 aromatic heterocycles. The Hall–Kier alpha value is -1.48. The van der Waals surface area contributed by atoms with Crippen molar-refractivity contribution in [2.75, 3.05) is 34.4 Å². The van der Waals surface area contributed by atoms with Crippen LogP contribution in [0.1, 0.15) is 24.5 Å². The van der Waals surface area contributed by atoms with E-state index in [1.807, 2.05) is 20.0 Å². The van der Waals surface area contributed by atoms with Crippen LogP contribution in [0.5, 0.6) is 11.5 Å². The highest BCUT2D eigenvalue weighted by atomic mass is 127. The summed E-state index contributed by atoms with van der Waals surface area (Å²) < 4.78 is 11.0. The van der Waals surface area contributed by atoms with Crippen molar-refractivity contribution in [3.63, 3.8) is 0 Å². The number of methoxy groups -OCH3 is 1. The molecule has 0 bridgehead atoms. The maximum Gasteiger partial charge on any atom is 0.193 e. The lowest BCUT2D eigenvalue weighted by molar-refractivity contribution is 0.310. The van der Waals surface area contributed by atoms with Crippen molar-refractivity contribution in [3.8, 4) is 11.5 Å². The maximum absolute atomic E-state index is 5.65. The molecule has 0 spiro atoms. The van der Waals surface area contributed by atoms with Crippen molar-refractivity contribution in [1.82, 2.24) is 10.2 Å². The average Bonchev–Trinajstić information content (AvgIpc) is 3.15. The van der Waals surface area contributed by atoms with Crippen molar-refractivity contribution >= 4 is 41.3 Å². The Morgan fingerprint density at radius 1 is 1.22 bits per heavy atom. The predicted octanol–water partition coefficient (Wildman–Crippen LogP) is 4.41. The van der Waals surface area contributed by atoms with E-state index in [9.17, 15) is 0 Å². The highest BCUT2D eigenvalue weighted by Crippen LogP contribution is 2.28. The van der Waals surface area contributed by atoms with E-state index in [4.69, 9.17) is 9.47 Å². The number of halogens is 1.